The number of carbonyl (C=O) groups is 1. The molecule has 0 saturated heterocycles. The van der Waals surface area contributed by atoms with Crippen LogP contribution in [-0.2, 0) is 6.54 Å². The third-order valence-electron chi connectivity index (χ3n) is 3.96. The van der Waals surface area contributed by atoms with Gasteiger partial charge in [0, 0.05) is 11.9 Å². The number of para-hydroxylation sites is 1. The zero-order chi connectivity index (χ0) is 20.8. The summed E-state index contributed by atoms with van der Waals surface area (Å²) in [4.78, 5) is 16.7. The highest BCUT2D eigenvalue weighted by Gasteiger charge is 2.23. The predicted octanol–water partition coefficient (Wildman–Crippen LogP) is 1.00. The highest BCUT2D eigenvalue weighted by atomic mass is 16.6. The van der Waals surface area contributed by atoms with Crippen LogP contribution in [0.5, 0.6) is 0 Å². The maximum Gasteiger partial charge on any atom is 0.293 e. The van der Waals surface area contributed by atoms with Gasteiger partial charge in [-0.3, -0.25) is 9.78 Å². The number of benzene rings is 1. The van der Waals surface area contributed by atoms with Gasteiger partial charge in [-0.15, -0.1) is 5.10 Å². The van der Waals surface area contributed by atoms with Crippen LogP contribution in [0.4, 0.5) is 11.5 Å². The Bertz CT molecular complexity index is 1150. The van der Waals surface area contributed by atoms with Crippen molar-refractivity contribution in [3.8, 4) is 5.82 Å². The normalized spacial score (nSPS) is 10.9. The van der Waals surface area contributed by atoms with Gasteiger partial charge in [-0.1, -0.05) is 29.5 Å². The molecule has 1 amide bonds. The summed E-state index contributed by atoms with van der Waals surface area (Å²) in [5.41, 5.74) is 10.1. The molecule has 0 aliphatic heterocycles. The minimum Gasteiger partial charge on any atom is -0.379 e. The SMILES string of the molecule is Nc1nonc1-n1nnc(C(=O)N/N=C\c2ccccn2)c1CNc1ccccc1. The molecule has 0 aliphatic carbocycles. The van der Waals surface area contributed by atoms with Crippen LogP contribution in [0, 0.1) is 0 Å². The second kappa shape index (κ2) is 8.60. The summed E-state index contributed by atoms with van der Waals surface area (Å²) in [6.07, 6.45) is 3.04. The van der Waals surface area contributed by atoms with E-state index in [4.69, 9.17) is 5.73 Å². The fourth-order valence-corrected chi connectivity index (χ4v) is 2.55. The van der Waals surface area contributed by atoms with Crippen LogP contribution in [-0.4, -0.2) is 42.4 Å². The first-order valence-corrected chi connectivity index (χ1v) is 8.78. The highest BCUT2D eigenvalue weighted by molar-refractivity contribution is 5.94. The van der Waals surface area contributed by atoms with E-state index in [0.717, 1.165) is 5.69 Å². The lowest BCUT2D eigenvalue weighted by atomic mass is 10.2. The van der Waals surface area contributed by atoms with Crippen molar-refractivity contribution < 1.29 is 9.42 Å². The van der Waals surface area contributed by atoms with Gasteiger partial charge in [0.15, 0.2) is 5.69 Å². The first-order chi connectivity index (χ1) is 14.7. The van der Waals surface area contributed by atoms with Gasteiger partial charge < -0.3 is 11.1 Å². The van der Waals surface area contributed by atoms with Crippen molar-refractivity contribution in [2.24, 2.45) is 5.10 Å². The fourth-order valence-electron chi connectivity index (χ4n) is 2.55. The number of anilines is 2. The van der Waals surface area contributed by atoms with Crippen LogP contribution in [0.15, 0.2) is 64.5 Å². The Labute approximate surface area is 169 Å². The first kappa shape index (κ1) is 18.7. The van der Waals surface area contributed by atoms with Crippen LogP contribution in [0.3, 0.4) is 0 Å². The summed E-state index contributed by atoms with van der Waals surface area (Å²) in [5.74, 6) is -0.419. The van der Waals surface area contributed by atoms with Crippen molar-refractivity contribution in [1.82, 2.24) is 35.7 Å². The van der Waals surface area contributed by atoms with Crippen LogP contribution >= 0.6 is 0 Å². The molecular formula is C18H16N10O2. The maximum atomic E-state index is 12.7. The number of nitrogens with one attached hydrogen (secondary N) is 2. The molecule has 0 spiro atoms. The maximum absolute atomic E-state index is 12.7. The second-order valence-electron chi connectivity index (χ2n) is 5.94. The van der Waals surface area contributed by atoms with E-state index in [-0.39, 0.29) is 23.9 Å². The smallest absolute Gasteiger partial charge is 0.293 e. The summed E-state index contributed by atoms with van der Waals surface area (Å²) < 4.78 is 5.93. The number of rotatable bonds is 7. The molecule has 0 fully saturated rings. The lowest BCUT2D eigenvalue weighted by Crippen LogP contribution is -2.21. The average molecular weight is 404 g/mol. The Morgan fingerprint density at radius 1 is 1.17 bits per heavy atom. The molecule has 4 aromatic rings. The van der Waals surface area contributed by atoms with Crippen molar-refractivity contribution in [3.05, 3.63) is 71.8 Å². The monoisotopic (exact) mass is 404 g/mol. The molecule has 12 heteroatoms. The molecule has 0 aliphatic rings. The number of nitrogens with zero attached hydrogens (tertiary/aromatic N) is 7. The number of hydrogen-bond acceptors (Lipinski definition) is 10. The number of pyridine rings is 1. The predicted molar refractivity (Wildman–Crippen MR) is 107 cm³/mol. The lowest BCUT2D eigenvalue weighted by molar-refractivity contribution is 0.0949. The summed E-state index contributed by atoms with van der Waals surface area (Å²) in [7, 11) is 0. The lowest BCUT2D eigenvalue weighted by Gasteiger charge is -2.08. The molecule has 0 atom stereocenters. The van der Waals surface area contributed by atoms with Crippen molar-refractivity contribution >= 4 is 23.6 Å². The molecule has 12 nitrogen and oxygen atoms in total. The van der Waals surface area contributed by atoms with Crippen LogP contribution < -0.4 is 16.5 Å². The number of carbonyl (C=O) groups excluding carboxylic acids is 1. The van der Waals surface area contributed by atoms with E-state index in [2.05, 4.69) is 46.1 Å². The van der Waals surface area contributed by atoms with Crippen LogP contribution in [0.25, 0.3) is 5.82 Å². The Morgan fingerprint density at radius 3 is 2.73 bits per heavy atom. The Morgan fingerprint density at radius 2 is 2.00 bits per heavy atom. The highest BCUT2D eigenvalue weighted by Crippen LogP contribution is 2.17. The van der Waals surface area contributed by atoms with E-state index in [1.807, 2.05) is 36.4 Å². The van der Waals surface area contributed by atoms with Gasteiger partial charge in [0.05, 0.1) is 24.1 Å². The summed E-state index contributed by atoms with van der Waals surface area (Å²) >= 11 is 0. The second-order valence-corrected chi connectivity index (χ2v) is 5.94. The standard InChI is InChI=1S/C18H16N10O2/c19-16-17(26-30-25-16)28-14(11-21-12-6-2-1-3-7-12)15(23-27-28)18(29)24-22-10-13-8-4-5-9-20-13/h1-10,21H,11H2,(H2,19,25)(H,24,29)/b22-10-. The summed E-state index contributed by atoms with van der Waals surface area (Å²) in [6, 6.07) is 14.8. The van der Waals surface area contributed by atoms with Gasteiger partial charge in [-0.2, -0.15) is 9.78 Å². The van der Waals surface area contributed by atoms with Gasteiger partial charge in [0.2, 0.25) is 11.6 Å². The van der Waals surface area contributed by atoms with Crippen molar-refractivity contribution in [3.63, 3.8) is 0 Å². The number of amides is 1. The number of nitrogen functional groups attached to an aromatic ring is 1. The number of nitrogens with two attached hydrogens (primary N) is 1. The van der Waals surface area contributed by atoms with E-state index in [0.29, 0.717) is 11.4 Å². The Hall–Kier alpha value is -4.61. The van der Waals surface area contributed by atoms with Gasteiger partial charge in [0.1, 0.15) is 0 Å². The minimum atomic E-state index is -0.562. The molecule has 30 heavy (non-hydrogen) atoms. The van der Waals surface area contributed by atoms with Crippen LogP contribution in [0.1, 0.15) is 21.9 Å². The van der Waals surface area contributed by atoms with Gasteiger partial charge in [-0.05, 0) is 34.6 Å². The number of aromatic nitrogens is 6. The van der Waals surface area contributed by atoms with E-state index in [9.17, 15) is 4.79 Å². The molecular weight excluding hydrogens is 388 g/mol. The molecule has 150 valence electrons. The molecule has 3 aromatic heterocycles. The number of hydrogen-bond donors (Lipinski definition) is 3. The first-order valence-electron chi connectivity index (χ1n) is 8.78. The molecule has 4 rings (SSSR count). The fraction of sp³-hybridized carbons (Fsp3) is 0.0556. The zero-order valence-corrected chi connectivity index (χ0v) is 15.5. The van der Waals surface area contributed by atoms with Crippen LogP contribution in [0.2, 0.25) is 0 Å². The molecule has 1 aromatic carbocycles. The van der Waals surface area contributed by atoms with E-state index >= 15 is 0 Å². The van der Waals surface area contributed by atoms with Gasteiger partial charge >= 0.3 is 0 Å². The van der Waals surface area contributed by atoms with Crippen molar-refractivity contribution in [2.45, 2.75) is 6.54 Å². The molecule has 0 radical (unpaired) electrons. The molecule has 4 N–H and O–H groups in total. The van der Waals surface area contributed by atoms with Gasteiger partial charge in [0.25, 0.3) is 5.91 Å². The summed E-state index contributed by atoms with van der Waals surface area (Å²) in [5, 5.41) is 22.3. The molecule has 0 bridgehead atoms. The van der Waals surface area contributed by atoms with E-state index < -0.39 is 5.91 Å². The third kappa shape index (κ3) is 4.11. The van der Waals surface area contributed by atoms with Gasteiger partial charge in [-0.25, -0.2) is 10.1 Å². The Kier molecular flexibility index (Phi) is 5.37. The molecule has 0 unspecified atom stereocenters. The quantitative estimate of drug-likeness (QED) is 0.301. The third-order valence-corrected chi connectivity index (χ3v) is 3.96. The van der Waals surface area contributed by atoms with E-state index in [1.165, 1.54) is 10.9 Å². The van der Waals surface area contributed by atoms with Crippen molar-refractivity contribution in [1.29, 1.82) is 0 Å². The average Bonchev–Trinajstić information content (AvgIpc) is 3.39. The topological polar surface area (TPSA) is 162 Å². The minimum absolute atomic E-state index is 0.0148. The number of hydrazone groups is 1. The molecule has 0 saturated carbocycles. The Balaban J connectivity index is 1.58. The molecule has 3 heterocycles. The van der Waals surface area contributed by atoms with Crippen molar-refractivity contribution in [2.75, 3.05) is 11.1 Å². The summed E-state index contributed by atoms with van der Waals surface area (Å²) in [6.45, 7) is 0.204. The van der Waals surface area contributed by atoms with E-state index in [1.54, 1.807) is 18.3 Å². The zero-order valence-electron chi connectivity index (χ0n) is 15.5. The largest absolute Gasteiger partial charge is 0.379 e.